The van der Waals surface area contributed by atoms with Crippen molar-refractivity contribution >= 4 is 5.97 Å². The van der Waals surface area contributed by atoms with Gasteiger partial charge in [0.05, 0.1) is 6.61 Å². The van der Waals surface area contributed by atoms with Crippen LogP contribution in [0.2, 0.25) is 0 Å². The predicted octanol–water partition coefficient (Wildman–Crippen LogP) is -2.09. The minimum atomic E-state index is -1.64. The van der Waals surface area contributed by atoms with E-state index < -0.39 is 43.3 Å². The maximum Gasteiger partial charge on any atom is 0.333 e. The summed E-state index contributed by atoms with van der Waals surface area (Å²) >= 11 is 0. The van der Waals surface area contributed by atoms with Crippen LogP contribution in [0.3, 0.4) is 0 Å². The highest BCUT2D eigenvalue weighted by atomic mass is 16.7. The first-order valence-electron chi connectivity index (χ1n) is 5.05. The lowest BCUT2D eigenvalue weighted by molar-refractivity contribution is -0.289. The minimum Gasteiger partial charge on any atom is -0.453 e. The number of carbonyl (C=O) groups excluding carboxylic acids is 1. The second-order valence-corrected chi connectivity index (χ2v) is 3.88. The first kappa shape index (κ1) is 14.1. The van der Waals surface area contributed by atoms with Crippen LogP contribution in [0, 0.1) is 0 Å². The number of aliphatic hydroxyl groups excluding tert-OH is 4. The molecule has 0 aromatic rings. The molecule has 0 radical (unpaired) electrons. The van der Waals surface area contributed by atoms with E-state index >= 15 is 0 Å². The van der Waals surface area contributed by atoms with Gasteiger partial charge in [-0.25, -0.2) is 4.79 Å². The largest absolute Gasteiger partial charge is 0.453 e. The molecule has 98 valence electrons. The summed E-state index contributed by atoms with van der Waals surface area (Å²) < 4.78 is 9.51. The first-order valence-corrected chi connectivity index (χ1v) is 5.05. The molecular formula is C10H16O7. The summed E-state index contributed by atoms with van der Waals surface area (Å²) in [4.78, 5) is 11.3. The highest BCUT2D eigenvalue weighted by molar-refractivity contribution is 5.87. The van der Waals surface area contributed by atoms with Crippen molar-refractivity contribution in [2.45, 2.75) is 37.6 Å². The Balaban J connectivity index is 2.78. The number of ether oxygens (including phenoxy) is 2. The third-order valence-electron chi connectivity index (χ3n) is 2.43. The van der Waals surface area contributed by atoms with Gasteiger partial charge < -0.3 is 29.9 Å². The summed E-state index contributed by atoms with van der Waals surface area (Å²) in [5.41, 5.74) is 0.0888. The highest BCUT2D eigenvalue weighted by Gasteiger charge is 2.46. The van der Waals surface area contributed by atoms with Crippen LogP contribution >= 0.6 is 0 Å². The average molecular weight is 248 g/mol. The second kappa shape index (κ2) is 5.56. The van der Waals surface area contributed by atoms with Crippen molar-refractivity contribution in [3.8, 4) is 0 Å². The molecule has 0 saturated carbocycles. The predicted molar refractivity (Wildman–Crippen MR) is 54.7 cm³/mol. The van der Waals surface area contributed by atoms with Gasteiger partial charge in [-0.05, 0) is 6.92 Å². The third-order valence-corrected chi connectivity index (χ3v) is 2.43. The van der Waals surface area contributed by atoms with Crippen molar-refractivity contribution < 1.29 is 34.7 Å². The maximum absolute atomic E-state index is 11.3. The fourth-order valence-corrected chi connectivity index (χ4v) is 1.43. The normalized spacial score (nSPS) is 37.6. The van der Waals surface area contributed by atoms with E-state index in [4.69, 9.17) is 14.6 Å². The number of carbonyl (C=O) groups is 1. The van der Waals surface area contributed by atoms with Gasteiger partial charge in [0.1, 0.15) is 18.3 Å². The first-order chi connectivity index (χ1) is 7.88. The Morgan fingerprint density at radius 1 is 1.35 bits per heavy atom. The van der Waals surface area contributed by atoms with Crippen molar-refractivity contribution in [1.82, 2.24) is 0 Å². The summed E-state index contributed by atoms with van der Waals surface area (Å²) in [5.74, 6) is -0.807. The maximum atomic E-state index is 11.3. The molecule has 1 rings (SSSR count). The molecule has 1 aliphatic heterocycles. The van der Waals surface area contributed by atoms with Gasteiger partial charge in [-0.15, -0.1) is 0 Å². The number of hydrogen-bond donors (Lipinski definition) is 4. The molecule has 0 bridgehead atoms. The van der Waals surface area contributed by atoms with E-state index in [9.17, 15) is 20.1 Å². The Labute approximate surface area is 97.9 Å². The summed E-state index contributed by atoms with van der Waals surface area (Å²) in [6.07, 6.45) is -7.16. The fourth-order valence-electron chi connectivity index (χ4n) is 1.43. The Morgan fingerprint density at radius 2 is 1.94 bits per heavy atom. The molecule has 0 aliphatic carbocycles. The summed E-state index contributed by atoms with van der Waals surface area (Å²) in [6.45, 7) is 4.17. The molecule has 0 aromatic heterocycles. The van der Waals surface area contributed by atoms with Gasteiger partial charge in [0.15, 0.2) is 12.4 Å². The summed E-state index contributed by atoms with van der Waals surface area (Å²) in [6, 6.07) is 0. The van der Waals surface area contributed by atoms with Crippen LogP contribution in [-0.2, 0) is 14.3 Å². The Hall–Kier alpha value is -0.990. The molecule has 4 N–H and O–H groups in total. The van der Waals surface area contributed by atoms with Crippen LogP contribution in [0.5, 0.6) is 0 Å². The summed E-state index contributed by atoms with van der Waals surface area (Å²) in [5, 5.41) is 37.4. The molecule has 1 saturated heterocycles. The van der Waals surface area contributed by atoms with Crippen LogP contribution in [0.15, 0.2) is 12.2 Å². The Morgan fingerprint density at radius 3 is 2.41 bits per heavy atom. The quantitative estimate of drug-likeness (QED) is 0.334. The second-order valence-electron chi connectivity index (χ2n) is 3.88. The molecule has 5 atom stereocenters. The minimum absolute atomic E-state index is 0.0888. The molecule has 17 heavy (non-hydrogen) atoms. The zero-order chi connectivity index (χ0) is 13.2. The van der Waals surface area contributed by atoms with E-state index in [0.717, 1.165) is 0 Å². The number of hydrogen-bond acceptors (Lipinski definition) is 7. The van der Waals surface area contributed by atoms with Crippen molar-refractivity contribution in [3.63, 3.8) is 0 Å². The molecule has 1 unspecified atom stereocenters. The van der Waals surface area contributed by atoms with Crippen LogP contribution in [0.4, 0.5) is 0 Å². The molecule has 7 nitrogen and oxygen atoms in total. The fraction of sp³-hybridized carbons (Fsp3) is 0.700. The van der Waals surface area contributed by atoms with E-state index in [-0.39, 0.29) is 5.57 Å². The van der Waals surface area contributed by atoms with Crippen molar-refractivity contribution in [3.05, 3.63) is 12.2 Å². The number of esters is 1. The zero-order valence-electron chi connectivity index (χ0n) is 9.31. The van der Waals surface area contributed by atoms with Crippen molar-refractivity contribution in [2.24, 2.45) is 0 Å². The topological polar surface area (TPSA) is 116 Å². The molecule has 1 aliphatic rings. The zero-order valence-corrected chi connectivity index (χ0v) is 9.31. The molecule has 0 aromatic carbocycles. The van der Waals surface area contributed by atoms with Crippen LogP contribution < -0.4 is 0 Å². The van der Waals surface area contributed by atoms with Crippen molar-refractivity contribution in [1.29, 1.82) is 0 Å². The van der Waals surface area contributed by atoms with E-state index in [1.807, 2.05) is 0 Å². The lowest BCUT2D eigenvalue weighted by Crippen LogP contribution is -2.59. The van der Waals surface area contributed by atoms with E-state index in [0.29, 0.717) is 0 Å². The van der Waals surface area contributed by atoms with E-state index in [1.54, 1.807) is 0 Å². The molecule has 0 spiro atoms. The lowest BCUT2D eigenvalue weighted by Gasteiger charge is -2.39. The number of aliphatic hydroxyl groups is 4. The van der Waals surface area contributed by atoms with Gasteiger partial charge in [0.2, 0.25) is 0 Å². The molecular weight excluding hydrogens is 232 g/mol. The number of rotatable bonds is 3. The average Bonchev–Trinajstić information content (AvgIpc) is 2.28. The van der Waals surface area contributed by atoms with Crippen LogP contribution in [0.25, 0.3) is 0 Å². The Kier molecular flexibility index (Phi) is 4.61. The van der Waals surface area contributed by atoms with Gasteiger partial charge in [-0.2, -0.15) is 0 Å². The summed E-state index contributed by atoms with van der Waals surface area (Å²) in [7, 11) is 0. The van der Waals surface area contributed by atoms with Crippen LogP contribution in [-0.4, -0.2) is 63.7 Å². The van der Waals surface area contributed by atoms with Gasteiger partial charge >= 0.3 is 5.97 Å². The Bertz CT molecular complexity index is 303. The third kappa shape index (κ3) is 3.02. The smallest absolute Gasteiger partial charge is 0.333 e. The van der Waals surface area contributed by atoms with Gasteiger partial charge in [0, 0.05) is 5.57 Å². The van der Waals surface area contributed by atoms with Crippen LogP contribution in [0.1, 0.15) is 6.92 Å². The van der Waals surface area contributed by atoms with Crippen molar-refractivity contribution in [2.75, 3.05) is 6.61 Å². The molecule has 1 fully saturated rings. The molecule has 7 heteroatoms. The standard InChI is InChI=1S/C10H16O7/c1-4(2)9(14)17-8-6(12)5(3-11)16-10(15)7(8)13/h5-8,10-13,15H,1,3H2,2H3/t5-,6-,7-,8+,10?/m1/s1. The van der Waals surface area contributed by atoms with Gasteiger partial charge in [0.25, 0.3) is 0 Å². The SMILES string of the molecule is C=C(C)C(=O)O[C@H]1[C@H](O)[C@@H](CO)OC(O)[C@@H]1O. The van der Waals surface area contributed by atoms with Gasteiger partial charge in [-0.3, -0.25) is 0 Å². The van der Waals surface area contributed by atoms with E-state index in [2.05, 4.69) is 6.58 Å². The van der Waals surface area contributed by atoms with Gasteiger partial charge in [-0.1, -0.05) is 6.58 Å². The molecule has 0 amide bonds. The monoisotopic (exact) mass is 248 g/mol. The lowest BCUT2D eigenvalue weighted by atomic mass is 9.99. The highest BCUT2D eigenvalue weighted by Crippen LogP contribution is 2.22. The molecule has 1 heterocycles. The van der Waals surface area contributed by atoms with E-state index in [1.165, 1.54) is 6.92 Å².